The van der Waals surface area contributed by atoms with E-state index in [9.17, 15) is 14.0 Å². The van der Waals surface area contributed by atoms with E-state index in [0.717, 1.165) is 0 Å². The first-order valence-electron chi connectivity index (χ1n) is 7.78. The van der Waals surface area contributed by atoms with E-state index in [0.29, 0.717) is 16.9 Å². The molecule has 0 atom stereocenters. The molecular formula is C19H15FN4O2. The minimum absolute atomic E-state index is 0.0427. The molecule has 0 saturated carbocycles. The second-order valence-electron chi connectivity index (χ2n) is 5.52. The molecule has 3 aromatic rings. The highest BCUT2D eigenvalue weighted by atomic mass is 19.1. The Morgan fingerprint density at radius 1 is 0.923 bits per heavy atom. The lowest BCUT2D eigenvalue weighted by molar-refractivity contribution is 0.101. The fourth-order valence-electron chi connectivity index (χ4n) is 2.22. The molecule has 0 saturated heterocycles. The molecule has 0 aliphatic carbocycles. The van der Waals surface area contributed by atoms with Crippen LogP contribution in [0.1, 0.15) is 27.6 Å². The zero-order valence-electron chi connectivity index (χ0n) is 13.9. The Labute approximate surface area is 149 Å². The summed E-state index contributed by atoms with van der Waals surface area (Å²) in [7, 11) is 0. The largest absolute Gasteiger partial charge is 0.324 e. The first-order chi connectivity index (χ1) is 12.5. The van der Waals surface area contributed by atoms with Crippen LogP contribution in [0.5, 0.6) is 0 Å². The summed E-state index contributed by atoms with van der Waals surface area (Å²) >= 11 is 0. The van der Waals surface area contributed by atoms with Crippen LogP contribution in [-0.4, -0.2) is 21.7 Å². The normalized spacial score (nSPS) is 10.2. The highest BCUT2D eigenvalue weighted by Crippen LogP contribution is 2.16. The maximum Gasteiger partial charge on any atom is 0.258 e. The Balaban J connectivity index is 1.69. The van der Waals surface area contributed by atoms with Crippen LogP contribution in [0.25, 0.3) is 0 Å². The van der Waals surface area contributed by atoms with E-state index >= 15 is 0 Å². The number of carbonyl (C=O) groups is 2. The summed E-state index contributed by atoms with van der Waals surface area (Å²) in [6.07, 6.45) is 2.72. The third-order valence-corrected chi connectivity index (χ3v) is 3.52. The highest BCUT2D eigenvalue weighted by Gasteiger charge is 2.09. The van der Waals surface area contributed by atoms with Crippen LogP contribution in [0.3, 0.4) is 0 Å². The second-order valence-corrected chi connectivity index (χ2v) is 5.52. The van der Waals surface area contributed by atoms with Gasteiger partial charge in [0.2, 0.25) is 5.95 Å². The quantitative estimate of drug-likeness (QED) is 0.684. The average Bonchev–Trinajstić information content (AvgIpc) is 2.62. The summed E-state index contributed by atoms with van der Waals surface area (Å²) in [5.74, 6) is -0.640. The van der Waals surface area contributed by atoms with Crippen molar-refractivity contribution in [1.82, 2.24) is 9.97 Å². The minimum Gasteiger partial charge on any atom is -0.324 e. The topological polar surface area (TPSA) is 84.0 Å². The Bertz CT molecular complexity index is 958. The van der Waals surface area contributed by atoms with Gasteiger partial charge in [0.25, 0.3) is 5.91 Å². The third-order valence-electron chi connectivity index (χ3n) is 3.52. The zero-order valence-corrected chi connectivity index (χ0v) is 13.9. The van der Waals surface area contributed by atoms with Gasteiger partial charge in [-0.05, 0) is 37.3 Å². The summed E-state index contributed by atoms with van der Waals surface area (Å²) in [6, 6.07) is 12.5. The van der Waals surface area contributed by atoms with E-state index in [4.69, 9.17) is 0 Å². The monoisotopic (exact) mass is 350 g/mol. The van der Waals surface area contributed by atoms with Gasteiger partial charge in [0, 0.05) is 29.3 Å². The predicted molar refractivity (Wildman–Crippen MR) is 96.1 cm³/mol. The molecule has 0 bridgehead atoms. The van der Waals surface area contributed by atoms with Crippen LogP contribution in [0.2, 0.25) is 0 Å². The SMILES string of the molecule is CC(=O)c1cccc(Nc2ncc(C(=O)Nc3cccc(F)c3)cn2)c1. The fraction of sp³-hybridized carbons (Fsp3) is 0.0526. The van der Waals surface area contributed by atoms with Crippen molar-refractivity contribution in [2.75, 3.05) is 10.6 Å². The van der Waals surface area contributed by atoms with Crippen LogP contribution in [0.4, 0.5) is 21.7 Å². The van der Waals surface area contributed by atoms with Gasteiger partial charge in [0.05, 0.1) is 5.56 Å². The molecule has 3 rings (SSSR count). The van der Waals surface area contributed by atoms with Crippen molar-refractivity contribution in [2.24, 2.45) is 0 Å². The number of carbonyl (C=O) groups excluding carboxylic acids is 2. The van der Waals surface area contributed by atoms with Gasteiger partial charge in [0.1, 0.15) is 5.82 Å². The van der Waals surface area contributed by atoms with Gasteiger partial charge in [-0.15, -0.1) is 0 Å². The first-order valence-corrected chi connectivity index (χ1v) is 7.78. The number of hydrogen-bond acceptors (Lipinski definition) is 5. The van der Waals surface area contributed by atoms with E-state index in [1.165, 1.54) is 37.5 Å². The molecule has 0 aliphatic heterocycles. The molecule has 1 heterocycles. The second kappa shape index (κ2) is 7.52. The maximum absolute atomic E-state index is 13.2. The lowest BCUT2D eigenvalue weighted by Gasteiger charge is -2.07. The molecule has 0 fully saturated rings. The molecule has 6 nitrogen and oxygen atoms in total. The van der Waals surface area contributed by atoms with Gasteiger partial charge in [-0.25, -0.2) is 14.4 Å². The summed E-state index contributed by atoms with van der Waals surface area (Å²) in [5.41, 5.74) is 1.81. The van der Waals surface area contributed by atoms with Crippen LogP contribution < -0.4 is 10.6 Å². The number of aromatic nitrogens is 2. The van der Waals surface area contributed by atoms with Gasteiger partial charge in [-0.3, -0.25) is 9.59 Å². The number of Topliss-reactive ketones (excluding diaryl/α,β-unsaturated/α-hetero) is 1. The Hall–Kier alpha value is -3.61. The minimum atomic E-state index is -0.444. The van der Waals surface area contributed by atoms with Crippen LogP contribution in [-0.2, 0) is 0 Å². The van der Waals surface area contributed by atoms with Crippen molar-refractivity contribution in [3.8, 4) is 0 Å². The van der Waals surface area contributed by atoms with Gasteiger partial charge in [-0.1, -0.05) is 18.2 Å². The number of halogens is 1. The molecule has 0 spiro atoms. The van der Waals surface area contributed by atoms with Crippen LogP contribution in [0.15, 0.2) is 60.9 Å². The van der Waals surface area contributed by atoms with Gasteiger partial charge in [-0.2, -0.15) is 0 Å². The van der Waals surface area contributed by atoms with Crippen LogP contribution in [0, 0.1) is 5.82 Å². The van der Waals surface area contributed by atoms with Crippen molar-refractivity contribution in [3.05, 3.63) is 77.9 Å². The smallest absolute Gasteiger partial charge is 0.258 e. The van der Waals surface area contributed by atoms with Gasteiger partial charge >= 0.3 is 0 Å². The Morgan fingerprint density at radius 2 is 1.62 bits per heavy atom. The van der Waals surface area contributed by atoms with E-state index in [-0.39, 0.29) is 17.3 Å². The molecule has 7 heteroatoms. The van der Waals surface area contributed by atoms with Crippen molar-refractivity contribution in [1.29, 1.82) is 0 Å². The van der Waals surface area contributed by atoms with E-state index in [1.807, 2.05) is 0 Å². The molecule has 2 N–H and O–H groups in total. The average molecular weight is 350 g/mol. The van der Waals surface area contributed by atoms with Gasteiger partial charge < -0.3 is 10.6 Å². The Morgan fingerprint density at radius 3 is 2.31 bits per heavy atom. The molecule has 2 aromatic carbocycles. The summed E-state index contributed by atoms with van der Waals surface area (Å²) in [6.45, 7) is 1.49. The first kappa shape index (κ1) is 17.2. The molecular weight excluding hydrogens is 335 g/mol. The molecule has 0 unspecified atom stereocenters. The van der Waals surface area contributed by atoms with Crippen molar-refractivity contribution in [2.45, 2.75) is 6.92 Å². The molecule has 1 amide bonds. The number of ketones is 1. The van der Waals surface area contributed by atoms with E-state index in [2.05, 4.69) is 20.6 Å². The van der Waals surface area contributed by atoms with E-state index in [1.54, 1.807) is 30.3 Å². The zero-order chi connectivity index (χ0) is 18.5. The molecule has 0 radical (unpaired) electrons. The lowest BCUT2D eigenvalue weighted by atomic mass is 10.1. The third kappa shape index (κ3) is 4.27. The molecule has 0 aliphatic rings. The molecule has 130 valence electrons. The van der Waals surface area contributed by atoms with Crippen LogP contribution >= 0.6 is 0 Å². The maximum atomic E-state index is 13.2. The molecule has 1 aromatic heterocycles. The number of nitrogens with one attached hydrogen (secondary N) is 2. The van der Waals surface area contributed by atoms with Crippen molar-refractivity contribution in [3.63, 3.8) is 0 Å². The predicted octanol–water partition coefficient (Wildman–Crippen LogP) is 3.81. The summed E-state index contributed by atoms with van der Waals surface area (Å²) in [4.78, 5) is 31.7. The number of benzene rings is 2. The summed E-state index contributed by atoms with van der Waals surface area (Å²) in [5, 5.41) is 5.54. The number of amides is 1. The van der Waals surface area contributed by atoms with Gasteiger partial charge in [0.15, 0.2) is 5.78 Å². The van der Waals surface area contributed by atoms with E-state index < -0.39 is 11.7 Å². The Kier molecular flexibility index (Phi) is 4.98. The number of hydrogen-bond donors (Lipinski definition) is 2. The fourth-order valence-corrected chi connectivity index (χ4v) is 2.22. The number of anilines is 3. The highest BCUT2D eigenvalue weighted by molar-refractivity contribution is 6.03. The van der Waals surface area contributed by atoms with Crippen molar-refractivity contribution >= 4 is 29.0 Å². The number of nitrogens with zero attached hydrogens (tertiary/aromatic N) is 2. The van der Waals surface area contributed by atoms with Crippen molar-refractivity contribution < 1.29 is 14.0 Å². The lowest BCUT2D eigenvalue weighted by Crippen LogP contribution is -2.13. The summed E-state index contributed by atoms with van der Waals surface area (Å²) < 4.78 is 13.2. The standard InChI is InChI=1S/C19H15FN4O2/c1-12(25)13-4-2-6-16(8-13)24-19-21-10-14(11-22-19)18(26)23-17-7-3-5-15(20)9-17/h2-11H,1H3,(H,23,26)(H,21,22,24). The number of rotatable bonds is 5. The molecule has 26 heavy (non-hydrogen) atoms.